The topological polar surface area (TPSA) is 54.2 Å². The summed E-state index contributed by atoms with van der Waals surface area (Å²) in [6.45, 7) is 4.87. The third-order valence-corrected chi connectivity index (χ3v) is 3.57. The molecule has 1 atom stereocenters. The van der Waals surface area contributed by atoms with Gasteiger partial charge in [-0.05, 0) is 44.5 Å². The Hall–Kier alpha value is -0.970. The van der Waals surface area contributed by atoms with Gasteiger partial charge in [0.25, 0.3) is 0 Å². The molecule has 100 valence electrons. The average molecular weight is 248 g/mol. The predicted octanol–water partition coefficient (Wildman–Crippen LogP) is 0.984. The lowest BCUT2D eigenvalue weighted by atomic mass is 10.1. The summed E-state index contributed by atoms with van der Waals surface area (Å²) in [6, 6.07) is 6.76. The first-order chi connectivity index (χ1) is 8.90. The first kappa shape index (κ1) is 13.5. The van der Waals surface area contributed by atoms with Gasteiger partial charge in [0.15, 0.2) is 0 Å². The van der Waals surface area contributed by atoms with E-state index >= 15 is 0 Å². The molecule has 0 bridgehead atoms. The Bertz CT molecular complexity index is 320. The average Bonchev–Trinajstić information content (AvgIpc) is 2.68. The molecule has 1 unspecified atom stereocenters. The van der Waals surface area contributed by atoms with Gasteiger partial charge in [0.1, 0.15) is 0 Å². The van der Waals surface area contributed by atoms with Crippen LogP contribution in [0.3, 0.4) is 0 Å². The Morgan fingerprint density at radius 2 is 2.28 bits per heavy atom. The number of pyridine rings is 1. The van der Waals surface area contributed by atoms with E-state index in [4.69, 9.17) is 5.73 Å². The van der Waals surface area contributed by atoms with Gasteiger partial charge in [0.05, 0.1) is 5.69 Å². The first-order valence-electron chi connectivity index (χ1n) is 6.95. The maximum Gasteiger partial charge on any atom is 0.0544 e. The Balaban J connectivity index is 1.97. The number of hydrogen-bond donors (Lipinski definition) is 2. The lowest BCUT2D eigenvalue weighted by Crippen LogP contribution is -2.39. The van der Waals surface area contributed by atoms with Crippen molar-refractivity contribution in [3.05, 3.63) is 30.1 Å². The maximum atomic E-state index is 5.75. The molecule has 3 N–H and O–H groups in total. The lowest BCUT2D eigenvalue weighted by Gasteiger charge is -2.30. The highest BCUT2D eigenvalue weighted by atomic mass is 15.2. The van der Waals surface area contributed by atoms with E-state index < -0.39 is 0 Å². The largest absolute Gasteiger partial charge is 0.329 e. The molecule has 1 aromatic heterocycles. The summed E-state index contributed by atoms with van der Waals surface area (Å²) in [5.41, 5.74) is 6.89. The van der Waals surface area contributed by atoms with Crippen molar-refractivity contribution in [2.75, 3.05) is 26.2 Å². The predicted molar refractivity (Wildman–Crippen MR) is 74.2 cm³/mol. The standard InChI is InChI=1S/C14H24N4/c15-7-11-18(12-13-4-1-2-9-17-13)14-5-3-8-16-10-6-14/h1-2,4,9,14,16H,3,5-8,10-12,15H2. The van der Waals surface area contributed by atoms with Crippen LogP contribution in [-0.4, -0.2) is 42.1 Å². The number of hydrogen-bond acceptors (Lipinski definition) is 4. The second kappa shape index (κ2) is 7.46. The zero-order valence-corrected chi connectivity index (χ0v) is 11.0. The molecular formula is C14H24N4. The normalized spacial score (nSPS) is 20.9. The summed E-state index contributed by atoms with van der Waals surface area (Å²) in [4.78, 5) is 6.92. The van der Waals surface area contributed by atoms with Gasteiger partial charge in [0, 0.05) is 31.9 Å². The highest BCUT2D eigenvalue weighted by Crippen LogP contribution is 2.15. The van der Waals surface area contributed by atoms with E-state index in [1.54, 1.807) is 0 Å². The Morgan fingerprint density at radius 1 is 1.33 bits per heavy atom. The molecule has 4 nitrogen and oxygen atoms in total. The fourth-order valence-electron chi connectivity index (χ4n) is 2.62. The Labute approximate surface area is 110 Å². The third kappa shape index (κ3) is 4.05. The van der Waals surface area contributed by atoms with Crippen LogP contribution in [0, 0.1) is 0 Å². The molecule has 0 aromatic carbocycles. The van der Waals surface area contributed by atoms with Crippen molar-refractivity contribution in [1.82, 2.24) is 15.2 Å². The highest BCUT2D eigenvalue weighted by Gasteiger charge is 2.19. The molecular weight excluding hydrogens is 224 g/mol. The minimum absolute atomic E-state index is 0.644. The number of nitrogens with one attached hydrogen (secondary N) is 1. The second-order valence-corrected chi connectivity index (χ2v) is 4.91. The molecule has 2 heterocycles. The van der Waals surface area contributed by atoms with Gasteiger partial charge in [-0.25, -0.2) is 0 Å². The quantitative estimate of drug-likeness (QED) is 0.816. The van der Waals surface area contributed by atoms with Gasteiger partial charge >= 0.3 is 0 Å². The molecule has 1 saturated heterocycles. The van der Waals surface area contributed by atoms with Crippen molar-refractivity contribution in [2.24, 2.45) is 5.73 Å². The third-order valence-electron chi connectivity index (χ3n) is 3.57. The van der Waals surface area contributed by atoms with Gasteiger partial charge in [-0.2, -0.15) is 0 Å². The zero-order chi connectivity index (χ0) is 12.6. The maximum absolute atomic E-state index is 5.75. The molecule has 4 heteroatoms. The van der Waals surface area contributed by atoms with Crippen LogP contribution in [0.2, 0.25) is 0 Å². The summed E-state index contributed by atoms with van der Waals surface area (Å²) >= 11 is 0. The Kier molecular flexibility index (Phi) is 5.58. The second-order valence-electron chi connectivity index (χ2n) is 4.91. The molecule has 0 saturated carbocycles. The van der Waals surface area contributed by atoms with Crippen LogP contribution >= 0.6 is 0 Å². The van der Waals surface area contributed by atoms with Crippen molar-refractivity contribution in [3.63, 3.8) is 0 Å². The lowest BCUT2D eigenvalue weighted by molar-refractivity contribution is 0.176. The van der Waals surface area contributed by atoms with Gasteiger partial charge in [-0.3, -0.25) is 9.88 Å². The van der Waals surface area contributed by atoms with Crippen LogP contribution in [0.5, 0.6) is 0 Å². The monoisotopic (exact) mass is 248 g/mol. The zero-order valence-electron chi connectivity index (χ0n) is 11.0. The molecule has 1 aliphatic rings. The van der Waals surface area contributed by atoms with Crippen LogP contribution in [0.1, 0.15) is 25.0 Å². The van der Waals surface area contributed by atoms with E-state index in [0.29, 0.717) is 6.04 Å². The molecule has 0 radical (unpaired) electrons. The fourth-order valence-corrected chi connectivity index (χ4v) is 2.62. The van der Waals surface area contributed by atoms with Crippen LogP contribution in [0.25, 0.3) is 0 Å². The van der Waals surface area contributed by atoms with E-state index in [-0.39, 0.29) is 0 Å². The molecule has 0 amide bonds. The molecule has 0 aliphatic carbocycles. The number of rotatable bonds is 5. The van der Waals surface area contributed by atoms with Crippen LogP contribution in [0.15, 0.2) is 24.4 Å². The van der Waals surface area contributed by atoms with Gasteiger partial charge in [-0.1, -0.05) is 6.07 Å². The van der Waals surface area contributed by atoms with E-state index in [0.717, 1.165) is 38.4 Å². The molecule has 0 spiro atoms. The van der Waals surface area contributed by atoms with Crippen molar-refractivity contribution in [1.29, 1.82) is 0 Å². The smallest absolute Gasteiger partial charge is 0.0544 e. The van der Waals surface area contributed by atoms with Crippen molar-refractivity contribution in [2.45, 2.75) is 31.8 Å². The molecule has 1 aromatic rings. The van der Waals surface area contributed by atoms with E-state index in [2.05, 4.69) is 27.3 Å². The van der Waals surface area contributed by atoms with Crippen LogP contribution in [-0.2, 0) is 6.54 Å². The van der Waals surface area contributed by atoms with Gasteiger partial charge in [0.2, 0.25) is 0 Å². The highest BCUT2D eigenvalue weighted by molar-refractivity contribution is 5.03. The van der Waals surface area contributed by atoms with E-state index in [1.807, 2.05) is 12.3 Å². The summed E-state index contributed by atoms with van der Waals surface area (Å²) in [6.07, 6.45) is 5.60. The van der Waals surface area contributed by atoms with Crippen molar-refractivity contribution in [3.8, 4) is 0 Å². The number of nitrogens with zero attached hydrogens (tertiary/aromatic N) is 2. The SMILES string of the molecule is NCCN(Cc1ccccn1)C1CCCNCC1. The fraction of sp³-hybridized carbons (Fsp3) is 0.643. The summed E-state index contributed by atoms with van der Waals surface area (Å²) in [7, 11) is 0. The van der Waals surface area contributed by atoms with Crippen LogP contribution < -0.4 is 11.1 Å². The van der Waals surface area contributed by atoms with Crippen molar-refractivity contribution < 1.29 is 0 Å². The molecule has 1 aliphatic heterocycles. The van der Waals surface area contributed by atoms with E-state index in [1.165, 1.54) is 19.3 Å². The molecule has 1 fully saturated rings. The van der Waals surface area contributed by atoms with E-state index in [9.17, 15) is 0 Å². The minimum atomic E-state index is 0.644. The Morgan fingerprint density at radius 3 is 3.06 bits per heavy atom. The minimum Gasteiger partial charge on any atom is -0.329 e. The van der Waals surface area contributed by atoms with Gasteiger partial charge < -0.3 is 11.1 Å². The van der Waals surface area contributed by atoms with Crippen LogP contribution in [0.4, 0.5) is 0 Å². The molecule has 2 rings (SSSR count). The summed E-state index contributed by atoms with van der Waals surface area (Å²) in [5.74, 6) is 0. The van der Waals surface area contributed by atoms with Gasteiger partial charge in [-0.15, -0.1) is 0 Å². The first-order valence-corrected chi connectivity index (χ1v) is 6.95. The summed E-state index contributed by atoms with van der Waals surface area (Å²) in [5, 5.41) is 3.46. The number of aromatic nitrogens is 1. The number of nitrogens with two attached hydrogens (primary N) is 1. The van der Waals surface area contributed by atoms with Crippen molar-refractivity contribution >= 4 is 0 Å². The summed E-state index contributed by atoms with van der Waals surface area (Å²) < 4.78 is 0. The molecule has 18 heavy (non-hydrogen) atoms.